The third-order valence-electron chi connectivity index (χ3n) is 7.15. The molecule has 0 amide bonds. The van der Waals surface area contributed by atoms with Gasteiger partial charge >= 0.3 is 0 Å². The van der Waals surface area contributed by atoms with Gasteiger partial charge in [0.05, 0.1) is 9.92 Å². The summed E-state index contributed by atoms with van der Waals surface area (Å²) < 4.78 is 2.05. The first-order valence-corrected chi connectivity index (χ1v) is 12.5. The van der Waals surface area contributed by atoms with Crippen LogP contribution in [0.25, 0.3) is 5.65 Å². The van der Waals surface area contributed by atoms with Crippen molar-refractivity contribution < 1.29 is 0 Å². The second kappa shape index (κ2) is 8.14. The minimum atomic E-state index is 0.0411. The van der Waals surface area contributed by atoms with Gasteiger partial charge in [-0.1, -0.05) is 29.4 Å². The summed E-state index contributed by atoms with van der Waals surface area (Å²) in [7, 11) is 1.90. The number of fused-ring (bicyclic) bond motifs is 2. The maximum absolute atomic E-state index is 6.72. The van der Waals surface area contributed by atoms with Gasteiger partial charge in [-0.05, 0) is 48.0 Å². The summed E-state index contributed by atoms with van der Waals surface area (Å²) in [5.74, 6) is 1.23. The number of hydrogen-bond acceptors (Lipinski definition) is 8. The summed E-state index contributed by atoms with van der Waals surface area (Å²) >= 11 is 7.92. The Morgan fingerprint density at radius 2 is 1.97 bits per heavy atom. The van der Waals surface area contributed by atoms with Crippen LogP contribution < -0.4 is 22.0 Å². The Morgan fingerprint density at radius 3 is 2.76 bits per heavy atom. The summed E-state index contributed by atoms with van der Waals surface area (Å²) in [6, 6.07) is 6.09. The van der Waals surface area contributed by atoms with E-state index in [1.165, 1.54) is 17.3 Å². The molecule has 5 heterocycles. The highest BCUT2D eigenvalue weighted by Gasteiger charge is 2.46. The Labute approximate surface area is 207 Å². The van der Waals surface area contributed by atoms with Crippen LogP contribution in [0, 0.1) is 5.41 Å². The van der Waals surface area contributed by atoms with E-state index in [-0.39, 0.29) is 11.5 Å². The van der Waals surface area contributed by atoms with Gasteiger partial charge in [-0.2, -0.15) is 0 Å². The molecule has 11 heteroatoms. The van der Waals surface area contributed by atoms with Gasteiger partial charge < -0.3 is 16.4 Å². The second-order valence-electron chi connectivity index (χ2n) is 9.15. The molecule has 0 radical (unpaired) electrons. The highest BCUT2D eigenvalue weighted by molar-refractivity contribution is 7.99. The van der Waals surface area contributed by atoms with Gasteiger partial charge in [0.2, 0.25) is 5.95 Å². The van der Waals surface area contributed by atoms with Crippen LogP contribution in [0.5, 0.6) is 0 Å². The molecule has 1 spiro atoms. The molecule has 8 nitrogen and oxygen atoms in total. The van der Waals surface area contributed by atoms with Gasteiger partial charge in [-0.25, -0.2) is 15.0 Å². The van der Waals surface area contributed by atoms with Crippen molar-refractivity contribution in [1.29, 1.82) is 0 Å². The van der Waals surface area contributed by atoms with Crippen molar-refractivity contribution in [1.82, 2.24) is 24.3 Å². The lowest BCUT2D eigenvalue weighted by Crippen LogP contribution is -2.45. The van der Waals surface area contributed by atoms with Crippen molar-refractivity contribution in [3.8, 4) is 0 Å². The lowest BCUT2D eigenvalue weighted by molar-refractivity contribution is 0.186. The second-order valence-corrected chi connectivity index (χ2v) is 10.6. The van der Waals surface area contributed by atoms with E-state index in [0.717, 1.165) is 65.0 Å². The Hall–Kier alpha value is -2.82. The van der Waals surface area contributed by atoms with Crippen molar-refractivity contribution in [2.24, 2.45) is 11.1 Å². The average Bonchev–Trinajstić information content (AvgIpc) is 3.42. The van der Waals surface area contributed by atoms with Crippen molar-refractivity contribution in [2.75, 3.05) is 23.7 Å². The van der Waals surface area contributed by atoms with Crippen LogP contribution in [0.3, 0.4) is 0 Å². The molecule has 1 unspecified atom stereocenters. The molecule has 34 heavy (non-hydrogen) atoms. The number of nitrogen functional groups attached to an aromatic ring is 1. The topological polar surface area (TPSA) is 111 Å². The van der Waals surface area contributed by atoms with Crippen LogP contribution >= 0.6 is 23.4 Å². The van der Waals surface area contributed by atoms with E-state index in [1.54, 1.807) is 6.20 Å². The van der Waals surface area contributed by atoms with E-state index in [4.69, 9.17) is 28.1 Å². The number of piperidine rings is 1. The third-order valence-corrected chi connectivity index (χ3v) is 8.71. The molecule has 0 aromatic carbocycles. The molecule has 0 bridgehead atoms. The van der Waals surface area contributed by atoms with E-state index in [0.29, 0.717) is 10.8 Å². The van der Waals surface area contributed by atoms with Gasteiger partial charge in [0.15, 0.2) is 13.5 Å². The first-order valence-electron chi connectivity index (χ1n) is 11.3. The van der Waals surface area contributed by atoms with Crippen molar-refractivity contribution in [3.05, 3.63) is 59.3 Å². The lowest BCUT2D eigenvalue weighted by Gasteiger charge is -2.42. The number of hydrogen-bond donors (Lipinski definition) is 2. The Bertz CT molecular complexity index is 1400. The SMILES string of the molecule is Bc1cc(Sc2cnc(N3CCC4(CC3)Cc3ncccc3C4N)n3ccnc23)c(Cl)c(N)n1. The van der Waals surface area contributed by atoms with Gasteiger partial charge in [-0.3, -0.25) is 9.38 Å². The highest BCUT2D eigenvalue weighted by Crippen LogP contribution is 2.50. The molecule has 4 N–H and O–H groups in total. The molecule has 1 aliphatic heterocycles. The third kappa shape index (κ3) is 3.43. The molecule has 1 saturated heterocycles. The van der Waals surface area contributed by atoms with Crippen LogP contribution in [-0.2, 0) is 6.42 Å². The zero-order valence-corrected chi connectivity index (χ0v) is 20.4. The van der Waals surface area contributed by atoms with Gasteiger partial charge in [0, 0.05) is 54.5 Å². The van der Waals surface area contributed by atoms with Gasteiger partial charge in [0.1, 0.15) is 5.82 Å². The standard InChI is InChI=1S/C23H24BClN8S/c24-17-10-15(18(25)20(27)31-17)34-16-12-30-22(33-9-6-29-21(16)33)32-7-3-23(4-8-32)11-14-13(19(23)26)2-1-5-28-14/h1-2,5-6,9-10,12,19H,3-4,7-8,11,24,26H2,(H2,27,31). The number of aromatic nitrogens is 5. The maximum atomic E-state index is 6.72. The molecular weight excluding hydrogens is 467 g/mol. The summed E-state index contributed by atoms with van der Waals surface area (Å²) in [6.07, 6.45) is 10.5. The summed E-state index contributed by atoms with van der Waals surface area (Å²) in [6.45, 7) is 1.78. The van der Waals surface area contributed by atoms with Crippen LogP contribution in [0.1, 0.15) is 30.1 Å². The Kier molecular flexibility index (Phi) is 5.20. The molecule has 6 rings (SSSR count). The zero-order chi connectivity index (χ0) is 23.4. The largest absolute Gasteiger partial charge is 0.382 e. The lowest BCUT2D eigenvalue weighted by atomic mass is 9.73. The quantitative estimate of drug-likeness (QED) is 0.420. The number of nitrogens with zero attached hydrogens (tertiary/aromatic N) is 6. The minimum Gasteiger partial charge on any atom is -0.382 e. The molecule has 172 valence electrons. The number of anilines is 2. The zero-order valence-electron chi connectivity index (χ0n) is 18.8. The van der Waals surface area contributed by atoms with Gasteiger partial charge in [-0.15, -0.1) is 0 Å². The minimum absolute atomic E-state index is 0.0411. The van der Waals surface area contributed by atoms with Crippen LogP contribution in [0.15, 0.2) is 52.8 Å². The van der Waals surface area contributed by atoms with Crippen LogP contribution in [-0.4, -0.2) is 45.3 Å². The van der Waals surface area contributed by atoms with Crippen molar-refractivity contribution in [3.63, 3.8) is 0 Å². The van der Waals surface area contributed by atoms with E-state index in [1.807, 2.05) is 38.6 Å². The van der Waals surface area contributed by atoms with E-state index < -0.39 is 0 Å². The molecule has 4 aromatic heterocycles. The molecule has 4 aromatic rings. The molecule has 1 atom stereocenters. The van der Waals surface area contributed by atoms with Crippen LogP contribution in [0.2, 0.25) is 5.02 Å². The molecule has 1 fully saturated rings. The first-order chi connectivity index (χ1) is 16.4. The van der Waals surface area contributed by atoms with Crippen molar-refractivity contribution >= 4 is 54.2 Å². The van der Waals surface area contributed by atoms with Gasteiger partial charge in [0.25, 0.3) is 0 Å². The molecular formula is C23H24BClN8S. The Balaban J connectivity index is 1.26. The normalized spacial score (nSPS) is 19.1. The number of halogens is 1. The van der Waals surface area contributed by atoms with E-state index >= 15 is 0 Å². The monoisotopic (exact) mass is 490 g/mol. The number of nitrogens with two attached hydrogens (primary N) is 2. The highest BCUT2D eigenvalue weighted by atomic mass is 35.5. The number of imidazole rings is 1. The number of pyridine rings is 2. The fraction of sp³-hybridized carbons (Fsp3) is 0.304. The molecule has 0 saturated carbocycles. The number of rotatable bonds is 3. The predicted octanol–water partition coefficient (Wildman–Crippen LogP) is 2.01. The van der Waals surface area contributed by atoms with Crippen LogP contribution in [0.4, 0.5) is 11.8 Å². The molecule has 1 aliphatic carbocycles. The first kappa shape index (κ1) is 21.7. The average molecular weight is 491 g/mol. The van der Waals surface area contributed by atoms with E-state index in [9.17, 15) is 0 Å². The summed E-state index contributed by atoms with van der Waals surface area (Å²) in [4.78, 5) is 22.4. The molecule has 2 aliphatic rings. The maximum Gasteiger partial charge on any atom is 0.211 e. The summed E-state index contributed by atoms with van der Waals surface area (Å²) in [5.41, 5.74) is 16.8. The van der Waals surface area contributed by atoms with Crippen molar-refractivity contribution in [2.45, 2.75) is 35.1 Å². The predicted molar refractivity (Wildman–Crippen MR) is 138 cm³/mol. The Morgan fingerprint density at radius 1 is 1.15 bits per heavy atom. The van der Waals surface area contributed by atoms with E-state index in [2.05, 4.69) is 30.3 Å². The smallest absolute Gasteiger partial charge is 0.211 e. The summed E-state index contributed by atoms with van der Waals surface area (Å²) in [5, 5.41) is 0.453. The fourth-order valence-corrected chi connectivity index (χ4v) is 6.55. The fourth-order valence-electron chi connectivity index (χ4n) is 5.33.